The number of rotatable bonds is 9. The van der Waals surface area contributed by atoms with Crippen LogP contribution in [0.5, 0.6) is 5.75 Å². The lowest BCUT2D eigenvalue weighted by Crippen LogP contribution is -2.38. The fraction of sp³-hybridized carbons (Fsp3) is 0.400. The topological polar surface area (TPSA) is 58.5 Å². The van der Waals surface area contributed by atoms with Crippen LogP contribution in [0.15, 0.2) is 53.7 Å². The SMILES string of the molecule is CCNC(=NCCCc1cccc(OC)c1)NCCc1ccccn1.I. The fourth-order valence-electron chi connectivity index (χ4n) is 2.50. The summed E-state index contributed by atoms with van der Waals surface area (Å²) in [5.74, 6) is 1.77. The molecule has 0 radical (unpaired) electrons. The summed E-state index contributed by atoms with van der Waals surface area (Å²) in [6.45, 7) is 4.53. The van der Waals surface area contributed by atoms with Crippen LogP contribution in [0.3, 0.4) is 0 Å². The van der Waals surface area contributed by atoms with E-state index < -0.39 is 0 Å². The van der Waals surface area contributed by atoms with Crippen molar-refractivity contribution >= 4 is 29.9 Å². The van der Waals surface area contributed by atoms with Crippen molar-refractivity contribution in [3.8, 4) is 5.75 Å². The second-order valence-corrected chi connectivity index (χ2v) is 5.71. The van der Waals surface area contributed by atoms with E-state index in [9.17, 15) is 0 Å². The molecule has 1 aromatic carbocycles. The second kappa shape index (κ2) is 13.4. The van der Waals surface area contributed by atoms with Crippen LogP contribution < -0.4 is 15.4 Å². The van der Waals surface area contributed by atoms with Gasteiger partial charge in [-0.15, -0.1) is 24.0 Å². The van der Waals surface area contributed by atoms with E-state index in [0.29, 0.717) is 0 Å². The molecule has 142 valence electrons. The highest BCUT2D eigenvalue weighted by atomic mass is 127. The van der Waals surface area contributed by atoms with Crippen LogP contribution >= 0.6 is 24.0 Å². The van der Waals surface area contributed by atoms with Gasteiger partial charge in [0.25, 0.3) is 0 Å². The first-order chi connectivity index (χ1) is 12.3. The Morgan fingerprint density at radius 2 is 2.00 bits per heavy atom. The second-order valence-electron chi connectivity index (χ2n) is 5.71. The third-order valence-electron chi connectivity index (χ3n) is 3.77. The number of hydrogen-bond acceptors (Lipinski definition) is 3. The smallest absolute Gasteiger partial charge is 0.191 e. The average molecular weight is 468 g/mol. The maximum atomic E-state index is 5.26. The van der Waals surface area contributed by atoms with Gasteiger partial charge in [0.1, 0.15) is 5.75 Å². The highest BCUT2D eigenvalue weighted by molar-refractivity contribution is 14.0. The summed E-state index contributed by atoms with van der Waals surface area (Å²) in [5.41, 5.74) is 2.37. The molecule has 0 aliphatic rings. The quantitative estimate of drug-likeness (QED) is 0.256. The lowest BCUT2D eigenvalue weighted by Gasteiger charge is -2.11. The van der Waals surface area contributed by atoms with E-state index in [4.69, 9.17) is 4.74 Å². The Kier molecular flexibility index (Phi) is 11.4. The van der Waals surface area contributed by atoms with Crippen LogP contribution in [0.1, 0.15) is 24.6 Å². The predicted molar refractivity (Wildman–Crippen MR) is 119 cm³/mol. The van der Waals surface area contributed by atoms with Crippen LogP contribution in [0.2, 0.25) is 0 Å². The van der Waals surface area contributed by atoms with Crippen molar-refractivity contribution in [3.63, 3.8) is 0 Å². The van der Waals surface area contributed by atoms with Gasteiger partial charge >= 0.3 is 0 Å². The Morgan fingerprint density at radius 3 is 2.73 bits per heavy atom. The molecule has 2 rings (SSSR count). The van der Waals surface area contributed by atoms with Gasteiger partial charge in [0, 0.05) is 37.9 Å². The minimum atomic E-state index is 0. The van der Waals surface area contributed by atoms with Gasteiger partial charge in [-0.1, -0.05) is 18.2 Å². The van der Waals surface area contributed by atoms with Crippen LogP contribution in [-0.4, -0.2) is 37.7 Å². The summed E-state index contributed by atoms with van der Waals surface area (Å²) in [7, 11) is 1.70. The highest BCUT2D eigenvalue weighted by Gasteiger charge is 1.99. The van der Waals surface area contributed by atoms with Gasteiger partial charge in [-0.3, -0.25) is 9.98 Å². The molecule has 0 aliphatic carbocycles. The molecule has 0 aliphatic heterocycles. The van der Waals surface area contributed by atoms with Crippen molar-refractivity contribution in [2.75, 3.05) is 26.7 Å². The minimum absolute atomic E-state index is 0. The first-order valence-corrected chi connectivity index (χ1v) is 8.87. The Hall–Kier alpha value is -1.83. The number of aryl methyl sites for hydroxylation is 1. The number of nitrogens with one attached hydrogen (secondary N) is 2. The molecule has 0 saturated heterocycles. The van der Waals surface area contributed by atoms with Gasteiger partial charge in [0.2, 0.25) is 0 Å². The zero-order valence-electron chi connectivity index (χ0n) is 15.6. The fourth-order valence-corrected chi connectivity index (χ4v) is 2.50. The molecule has 2 aromatic rings. The summed E-state index contributed by atoms with van der Waals surface area (Å²) in [4.78, 5) is 8.98. The molecule has 1 heterocycles. The monoisotopic (exact) mass is 468 g/mol. The molecule has 2 N–H and O–H groups in total. The molecule has 6 heteroatoms. The van der Waals surface area contributed by atoms with Gasteiger partial charge in [-0.25, -0.2) is 0 Å². The minimum Gasteiger partial charge on any atom is -0.497 e. The van der Waals surface area contributed by atoms with Crippen molar-refractivity contribution in [1.29, 1.82) is 0 Å². The third kappa shape index (κ3) is 8.51. The van der Waals surface area contributed by atoms with E-state index in [1.807, 2.05) is 36.5 Å². The third-order valence-corrected chi connectivity index (χ3v) is 3.77. The zero-order chi connectivity index (χ0) is 17.7. The van der Waals surface area contributed by atoms with Crippen molar-refractivity contribution < 1.29 is 4.74 Å². The summed E-state index contributed by atoms with van der Waals surface area (Å²) >= 11 is 0. The summed E-state index contributed by atoms with van der Waals surface area (Å²) in [6, 6.07) is 14.2. The molecular weight excluding hydrogens is 439 g/mol. The van der Waals surface area contributed by atoms with Crippen molar-refractivity contribution in [1.82, 2.24) is 15.6 Å². The molecule has 0 spiro atoms. The maximum absolute atomic E-state index is 5.26. The van der Waals surface area contributed by atoms with Gasteiger partial charge < -0.3 is 15.4 Å². The van der Waals surface area contributed by atoms with E-state index in [0.717, 1.165) is 56.3 Å². The van der Waals surface area contributed by atoms with Gasteiger partial charge in [0.15, 0.2) is 5.96 Å². The number of methoxy groups -OCH3 is 1. The summed E-state index contributed by atoms with van der Waals surface area (Å²) < 4.78 is 5.26. The van der Waals surface area contributed by atoms with Crippen molar-refractivity contribution in [2.24, 2.45) is 4.99 Å². The van der Waals surface area contributed by atoms with E-state index in [2.05, 4.69) is 39.7 Å². The number of benzene rings is 1. The van der Waals surface area contributed by atoms with Gasteiger partial charge in [0.05, 0.1) is 7.11 Å². The summed E-state index contributed by atoms with van der Waals surface area (Å²) in [5, 5.41) is 6.65. The van der Waals surface area contributed by atoms with E-state index in [1.165, 1.54) is 5.56 Å². The molecule has 1 aromatic heterocycles. The van der Waals surface area contributed by atoms with Crippen molar-refractivity contribution in [3.05, 3.63) is 59.9 Å². The number of hydrogen-bond donors (Lipinski definition) is 2. The van der Waals surface area contributed by atoms with Gasteiger partial charge in [-0.05, 0) is 49.6 Å². The molecule has 5 nitrogen and oxygen atoms in total. The molecule has 0 atom stereocenters. The number of aromatic nitrogens is 1. The number of halogens is 1. The Bertz CT molecular complexity index is 649. The number of nitrogens with zero attached hydrogens (tertiary/aromatic N) is 2. The molecule has 0 bridgehead atoms. The molecule has 0 amide bonds. The molecule has 0 saturated carbocycles. The zero-order valence-corrected chi connectivity index (χ0v) is 17.9. The molecule has 0 unspecified atom stereocenters. The lowest BCUT2D eigenvalue weighted by molar-refractivity contribution is 0.414. The van der Waals surface area contributed by atoms with E-state index in [1.54, 1.807) is 7.11 Å². The van der Waals surface area contributed by atoms with Crippen LogP contribution in [-0.2, 0) is 12.8 Å². The molecular formula is C20H29IN4O. The predicted octanol–water partition coefficient (Wildman–Crippen LogP) is 3.44. The largest absolute Gasteiger partial charge is 0.497 e. The Morgan fingerprint density at radius 1 is 1.12 bits per heavy atom. The number of aliphatic imine (C=N–C) groups is 1. The number of guanidine groups is 1. The summed E-state index contributed by atoms with van der Waals surface area (Å²) in [6.07, 6.45) is 4.71. The standard InChI is InChI=1S/C20H28N4O.HI/c1-3-21-20(24-15-12-18-10-4-5-13-22-18)23-14-7-9-17-8-6-11-19(16-17)25-2;/h4-6,8,10-11,13,16H,3,7,9,12,14-15H2,1-2H3,(H2,21,23,24);1H. The molecule has 26 heavy (non-hydrogen) atoms. The van der Waals surface area contributed by atoms with Crippen LogP contribution in [0.25, 0.3) is 0 Å². The Labute approximate surface area is 173 Å². The normalized spacial score (nSPS) is 10.8. The first-order valence-electron chi connectivity index (χ1n) is 8.87. The number of pyridine rings is 1. The van der Waals surface area contributed by atoms with Gasteiger partial charge in [-0.2, -0.15) is 0 Å². The molecule has 0 fully saturated rings. The number of ether oxygens (including phenoxy) is 1. The lowest BCUT2D eigenvalue weighted by atomic mass is 10.1. The van der Waals surface area contributed by atoms with Crippen molar-refractivity contribution in [2.45, 2.75) is 26.2 Å². The first kappa shape index (κ1) is 22.2. The van der Waals surface area contributed by atoms with E-state index in [-0.39, 0.29) is 24.0 Å². The Balaban J connectivity index is 0.00000338. The van der Waals surface area contributed by atoms with E-state index >= 15 is 0 Å². The highest BCUT2D eigenvalue weighted by Crippen LogP contribution is 2.13. The van der Waals surface area contributed by atoms with Crippen LogP contribution in [0.4, 0.5) is 0 Å². The maximum Gasteiger partial charge on any atom is 0.191 e. The van der Waals surface area contributed by atoms with Crippen LogP contribution in [0, 0.1) is 0 Å². The average Bonchev–Trinajstić information content (AvgIpc) is 2.66.